The topological polar surface area (TPSA) is 66.0 Å². The zero-order valence-corrected chi connectivity index (χ0v) is 10.5. The van der Waals surface area contributed by atoms with E-state index in [1.807, 2.05) is 6.92 Å². The Hall–Kier alpha value is -1.22. The molecule has 1 rings (SSSR count). The van der Waals surface area contributed by atoms with Gasteiger partial charge in [-0.2, -0.15) is 13.2 Å². The Balaban J connectivity index is 2.88. The van der Waals surface area contributed by atoms with Gasteiger partial charge in [0.2, 0.25) is 0 Å². The van der Waals surface area contributed by atoms with E-state index in [0.717, 1.165) is 4.68 Å². The first kappa shape index (κ1) is 14.8. The molecule has 0 aliphatic carbocycles. The van der Waals surface area contributed by atoms with Crippen LogP contribution in [0.4, 0.5) is 13.2 Å². The highest BCUT2D eigenvalue weighted by atomic mass is 32.1. The van der Waals surface area contributed by atoms with Crippen molar-refractivity contribution in [1.29, 1.82) is 0 Å². The summed E-state index contributed by atoms with van der Waals surface area (Å²) in [6, 6.07) is 0. The summed E-state index contributed by atoms with van der Waals surface area (Å²) in [5.41, 5.74) is 3.69. The summed E-state index contributed by atoms with van der Waals surface area (Å²) in [5.74, 6) is 0. The maximum atomic E-state index is 12.8. The van der Waals surface area contributed by atoms with E-state index >= 15 is 0 Å². The van der Waals surface area contributed by atoms with Crippen molar-refractivity contribution in [2.24, 2.45) is 5.73 Å². The maximum absolute atomic E-state index is 12.8. The molecular formula is C9H13F3N4OS. The van der Waals surface area contributed by atoms with Gasteiger partial charge in [0.1, 0.15) is 4.99 Å². The predicted octanol–water partition coefficient (Wildman–Crippen LogP) is 1.36. The summed E-state index contributed by atoms with van der Waals surface area (Å²) < 4.78 is 44.3. The number of hydrogen-bond donors (Lipinski definition) is 1. The fourth-order valence-electron chi connectivity index (χ4n) is 1.38. The minimum Gasteiger partial charge on any atom is -0.388 e. The van der Waals surface area contributed by atoms with Gasteiger partial charge >= 0.3 is 6.18 Å². The zero-order valence-electron chi connectivity index (χ0n) is 9.70. The van der Waals surface area contributed by atoms with Gasteiger partial charge in [-0.3, -0.25) is 0 Å². The molecular weight excluding hydrogens is 269 g/mol. The minimum atomic E-state index is -4.59. The Morgan fingerprint density at radius 3 is 2.67 bits per heavy atom. The highest BCUT2D eigenvalue weighted by Gasteiger charge is 2.39. The number of hydrogen-bond acceptors (Lipinski definition) is 4. The molecule has 0 fully saturated rings. The van der Waals surface area contributed by atoms with Crippen LogP contribution in [0.2, 0.25) is 0 Å². The van der Waals surface area contributed by atoms with Crippen molar-refractivity contribution in [1.82, 2.24) is 15.0 Å². The Labute approximate surface area is 107 Å². The lowest BCUT2D eigenvalue weighted by Gasteiger charge is -2.10. The van der Waals surface area contributed by atoms with Crippen LogP contribution in [0.15, 0.2) is 0 Å². The van der Waals surface area contributed by atoms with Gasteiger partial charge in [-0.15, -0.1) is 5.10 Å². The summed E-state index contributed by atoms with van der Waals surface area (Å²) in [6.45, 7) is 2.73. The van der Waals surface area contributed by atoms with Crippen LogP contribution in [0.3, 0.4) is 0 Å². The Morgan fingerprint density at radius 2 is 2.17 bits per heavy atom. The molecule has 5 nitrogen and oxygen atoms in total. The molecule has 0 aliphatic rings. The first-order valence-corrected chi connectivity index (χ1v) is 5.67. The third-order valence-electron chi connectivity index (χ3n) is 2.10. The van der Waals surface area contributed by atoms with Crippen LogP contribution in [-0.4, -0.2) is 33.2 Å². The van der Waals surface area contributed by atoms with Crippen molar-refractivity contribution >= 4 is 17.2 Å². The van der Waals surface area contributed by atoms with Crippen LogP contribution in [0, 0.1) is 0 Å². The monoisotopic (exact) mass is 282 g/mol. The van der Waals surface area contributed by atoms with Crippen LogP contribution in [-0.2, 0) is 17.5 Å². The summed E-state index contributed by atoms with van der Waals surface area (Å²) in [6.07, 6.45) is -4.19. The van der Waals surface area contributed by atoms with Gasteiger partial charge in [0, 0.05) is 19.8 Å². The first-order valence-electron chi connectivity index (χ1n) is 5.26. The summed E-state index contributed by atoms with van der Waals surface area (Å²) in [5, 5.41) is 6.79. The summed E-state index contributed by atoms with van der Waals surface area (Å²) >= 11 is 4.52. The fraction of sp³-hybridized carbons (Fsp3) is 0.667. The average Bonchev–Trinajstić information content (AvgIpc) is 2.68. The molecule has 0 saturated heterocycles. The minimum absolute atomic E-state index is 0.0461. The molecule has 0 radical (unpaired) electrons. The molecule has 0 aliphatic heterocycles. The van der Waals surface area contributed by atoms with Gasteiger partial charge in [0.25, 0.3) is 0 Å². The lowest BCUT2D eigenvalue weighted by atomic mass is 10.3. The fourth-order valence-corrected chi connectivity index (χ4v) is 1.51. The first-order chi connectivity index (χ1) is 8.38. The number of rotatable bonds is 6. The van der Waals surface area contributed by atoms with Gasteiger partial charge in [-0.05, 0) is 13.3 Å². The third kappa shape index (κ3) is 3.64. The quantitative estimate of drug-likeness (QED) is 0.630. The standard InChI is InChI=1S/C9H13F3N4OS/c1-2-17-5-3-4-16-7(9(10,11)12)6(8(13)18)14-15-16/h2-5H2,1H3,(H2,13,18). The zero-order chi connectivity index (χ0) is 13.8. The predicted molar refractivity (Wildman–Crippen MR) is 62.0 cm³/mol. The molecule has 1 heterocycles. The van der Waals surface area contributed by atoms with E-state index in [-0.39, 0.29) is 6.54 Å². The summed E-state index contributed by atoms with van der Waals surface area (Å²) in [7, 11) is 0. The maximum Gasteiger partial charge on any atom is 0.435 e. The van der Waals surface area contributed by atoms with Crippen LogP contribution in [0.5, 0.6) is 0 Å². The van der Waals surface area contributed by atoms with Crippen LogP contribution >= 0.6 is 12.2 Å². The van der Waals surface area contributed by atoms with E-state index in [4.69, 9.17) is 10.5 Å². The molecule has 1 aromatic heterocycles. The Morgan fingerprint density at radius 1 is 1.50 bits per heavy atom. The SMILES string of the molecule is CCOCCCn1nnc(C(N)=S)c1C(F)(F)F. The smallest absolute Gasteiger partial charge is 0.388 e. The number of nitrogens with zero attached hydrogens (tertiary/aromatic N) is 3. The molecule has 9 heteroatoms. The van der Waals surface area contributed by atoms with E-state index in [0.29, 0.717) is 19.6 Å². The van der Waals surface area contributed by atoms with E-state index in [1.165, 1.54) is 0 Å². The molecule has 102 valence electrons. The number of aromatic nitrogens is 3. The Bertz CT molecular complexity index is 418. The molecule has 0 atom stereocenters. The van der Waals surface area contributed by atoms with Crippen LogP contribution in [0.25, 0.3) is 0 Å². The molecule has 0 amide bonds. The van der Waals surface area contributed by atoms with E-state index < -0.39 is 22.6 Å². The number of alkyl halides is 3. The molecule has 0 unspecified atom stereocenters. The number of aryl methyl sites for hydroxylation is 1. The molecule has 0 bridgehead atoms. The highest BCUT2D eigenvalue weighted by molar-refractivity contribution is 7.80. The normalized spacial score (nSPS) is 11.8. The van der Waals surface area contributed by atoms with E-state index in [2.05, 4.69) is 22.5 Å². The van der Waals surface area contributed by atoms with E-state index in [1.54, 1.807) is 0 Å². The number of ether oxygens (including phenoxy) is 1. The molecule has 0 spiro atoms. The summed E-state index contributed by atoms with van der Waals surface area (Å²) in [4.78, 5) is -0.418. The lowest BCUT2D eigenvalue weighted by molar-refractivity contribution is -0.144. The number of thiocarbonyl (C=S) groups is 1. The Kier molecular flexibility index (Phi) is 5.03. The second-order valence-electron chi connectivity index (χ2n) is 3.42. The van der Waals surface area contributed by atoms with Crippen molar-refractivity contribution in [2.45, 2.75) is 26.1 Å². The number of nitrogens with two attached hydrogens (primary N) is 1. The largest absolute Gasteiger partial charge is 0.435 e. The van der Waals surface area contributed by atoms with Crippen molar-refractivity contribution in [3.63, 3.8) is 0 Å². The second kappa shape index (κ2) is 6.10. The molecule has 0 saturated carbocycles. The van der Waals surface area contributed by atoms with Gasteiger partial charge in [0.05, 0.1) is 0 Å². The van der Waals surface area contributed by atoms with Crippen molar-refractivity contribution in [3.05, 3.63) is 11.4 Å². The number of halogens is 3. The second-order valence-corrected chi connectivity index (χ2v) is 3.86. The average molecular weight is 282 g/mol. The third-order valence-corrected chi connectivity index (χ3v) is 2.29. The van der Waals surface area contributed by atoms with Crippen molar-refractivity contribution in [2.75, 3.05) is 13.2 Å². The van der Waals surface area contributed by atoms with Gasteiger partial charge in [-0.1, -0.05) is 17.4 Å². The molecule has 2 N–H and O–H groups in total. The molecule has 0 aromatic carbocycles. The van der Waals surface area contributed by atoms with Gasteiger partial charge in [0.15, 0.2) is 11.4 Å². The van der Waals surface area contributed by atoms with Crippen molar-refractivity contribution in [3.8, 4) is 0 Å². The van der Waals surface area contributed by atoms with Gasteiger partial charge in [-0.25, -0.2) is 4.68 Å². The van der Waals surface area contributed by atoms with E-state index in [9.17, 15) is 13.2 Å². The lowest BCUT2D eigenvalue weighted by Crippen LogP contribution is -2.21. The molecule has 18 heavy (non-hydrogen) atoms. The highest BCUT2D eigenvalue weighted by Crippen LogP contribution is 2.31. The van der Waals surface area contributed by atoms with Crippen molar-refractivity contribution < 1.29 is 17.9 Å². The van der Waals surface area contributed by atoms with Crippen LogP contribution in [0.1, 0.15) is 24.7 Å². The van der Waals surface area contributed by atoms with Crippen LogP contribution < -0.4 is 5.73 Å². The van der Waals surface area contributed by atoms with Gasteiger partial charge < -0.3 is 10.5 Å². The molecule has 1 aromatic rings.